The van der Waals surface area contributed by atoms with Crippen molar-refractivity contribution in [2.45, 2.75) is 17.1 Å². The largest absolute Gasteiger partial charge is 0.324 e. The summed E-state index contributed by atoms with van der Waals surface area (Å²) in [6.07, 6.45) is 0. The fraction of sp³-hybridized carbons (Fsp3) is 0.105. The van der Waals surface area contributed by atoms with Gasteiger partial charge in [0.05, 0.1) is 16.6 Å². The van der Waals surface area contributed by atoms with Crippen molar-refractivity contribution >= 4 is 57.3 Å². The maximum atomic E-state index is 12.6. The van der Waals surface area contributed by atoms with E-state index in [0.29, 0.717) is 27.1 Å². The van der Waals surface area contributed by atoms with Gasteiger partial charge in [0.1, 0.15) is 0 Å². The van der Waals surface area contributed by atoms with E-state index < -0.39 is 0 Å². The molecule has 1 atom stereocenters. The van der Waals surface area contributed by atoms with Crippen LogP contribution in [0.4, 0.5) is 10.8 Å². The number of thioether (sulfide) groups is 1. The number of hydrogen-bond donors (Lipinski definition) is 2. The Kier molecular flexibility index (Phi) is 4.90. The van der Waals surface area contributed by atoms with Crippen LogP contribution in [0.1, 0.15) is 17.3 Å². The highest BCUT2D eigenvalue weighted by Crippen LogP contribution is 2.36. The second-order valence-electron chi connectivity index (χ2n) is 5.93. The van der Waals surface area contributed by atoms with Gasteiger partial charge in [0, 0.05) is 26.4 Å². The Bertz CT molecular complexity index is 1050. The summed E-state index contributed by atoms with van der Waals surface area (Å²) in [6.45, 7) is 1.85. The number of anilines is 2. The third-order valence-electron chi connectivity index (χ3n) is 4.05. The third kappa shape index (κ3) is 3.71. The lowest BCUT2D eigenvalue weighted by atomic mass is 10.1. The van der Waals surface area contributed by atoms with Crippen molar-refractivity contribution in [1.82, 2.24) is 4.98 Å². The number of benzene rings is 2. The second-order valence-corrected chi connectivity index (χ2v) is 8.58. The van der Waals surface area contributed by atoms with E-state index in [1.54, 1.807) is 18.2 Å². The van der Waals surface area contributed by atoms with Crippen molar-refractivity contribution in [3.8, 4) is 11.3 Å². The Balaban J connectivity index is 1.53. The number of carbonyl (C=O) groups is 2. The van der Waals surface area contributed by atoms with Gasteiger partial charge in [-0.15, -0.1) is 23.1 Å². The lowest BCUT2D eigenvalue weighted by molar-refractivity contribution is -0.115. The number of carbonyl (C=O) groups excluding carboxylic acids is 2. The molecule has 2 heterocycles. The number of nitrogens with one attached hydrogen (secondary N) is 2. The zero-order chi connectivity index (χ0) is 19.0. The number of hydrogen-bond acceptors (Lipinski definition) is 5. The lowest BCUT2D eigenvalue weighted by Crippen LogP contribution is -2.26. The van der Waals surface area contributed by atoms with E-state index in [-0.39, 0.29) is 17.1 Å². The Morgan fingerprint density at radius 1 is 1.26 bits per heavy atom. The minimum Gasteiger partial charge on any atom is -0.324 e. The molecule has 2 N–H and O–H groups in total. The van der Waals surface area contributed by atoms with Gasteiger partial charge in [0.25, 0.3) is 5.91 Å². The van der Waals surface area contributed by atoms with Gasteiger partial charge in [-0.3, -0.25) is 14.9 Å². The molecule has 0 spiro atoms. The highest BCUT2D eigenvalue weighted by molar-refractivity contribution is 8.00. The fourth-order valence-electron chi connectivity index (χ4n) is 2.64. The molecule has 2 aromatic carbocycles. The molecule has 2 amide bonds. The second kappa shape index (κ2) is 7.34. The Morgan fingerprint density at radius 3 is 2.89 bits per heavy atom. The van der Waals surface area contributed by atoms with E-state index in [9.17, 15) is 9.59 Å². The van der Waals surface area contributed by atoms with Gasteiger partial charge in [0.15, 0.2) is 5.13 Å². The van der Waals surface area contributed by atoms with Crippen LogP contribution in [0.5, 0.6) is 0 Å². The molecule has 0 bridgehead atoms. The van der Waals surface area contributed by atoms with Crippen molar-refractivity contribution in [1.29, 1.82) is 0 Å². The molecular weight excluding hydrogens is 402 g/mol. The number of amides is 2. The molecule has 0 saturated heterocycles. The number of thiazole rings is 1. The average molecular weight is 416 g/mol. The summed E-state index contributed by atoms with van der Waals surface area (Å²) in [5.74, 6) is -0.343. The minimum absolute atomic E-state index is 0.0608. The number of rotatable bonds is 3. The maximum absolute atomic E-state index is 12.6. The van der Waals surface area contributed by atoms with E-state index in [1.165, 1.54) is 23.1 Å². The van der Waals surface area contributed by atoms with Crippen molar-refractivity contribution in [3.63, 3.8) is 0 Å². The molecule has 0 unspecified atom stereocenters. The van der Waals surface area contributed by atoms with Crippen LogP contribution < -0.4 is 10.6 Å². The molecule has 8 heteroatoms. The zero-order valence-corrected chi connectivity index (χ0v) is 16.5. The van der Waals surface area contributed by atoms with Crippen molar-refractivity contribution in [3.05, 3.63) is 58.4 Å². The number of fused-ring (bicyclic) bond motifs is 1. The van der Waals surface area contributed by atoms with Gasteiger partial charge >= 0.3 is 0 Å². The van der Waals surface area contributed by atoms with Gasteiger partial charge in [0.2, 0.25) is 5.91 Å². The van der Waals surface area contributed by atoms with Crippen molar-refractivity contribution in [2.75, 3.05) is 10.6 Å². The smallest absolute Gasteiger partial charge is 0.257 e. The normalized spacial score (nSPS) is 15.8. The van der Waals surface area contributed by atoms with Crippen LogP contribution in [0.3, 0.4) is 0 Å². The van der Waals surface area contributed by atoms with Crippen LogP contribution in [-0.4, -0.2) is 22.0 Å². The van der Waals surface area contributed by atoms with Crippen LogP contribution in [-0.2, 0) is 4.79 Å². The van der Waals surface area contributed by atoms with Crippen LogP contribution in [0, 0.1) is 0 Å². The predicted molar refractivity (Wildman–Crippen MR) is 111 cm³/mol. The number of nitrogens with zero attached hydrogens (tertiary/aromatic N) is 1. The Morgan fingerprint density at radius 2 is 2.07 bits per heavy atom. The predicted octanol–water partition coefficient (Wildman–Crippen LogP) is 5.15. The summed E-state index contributed by atoms with van der Waals surface area (Å²) in [7, 11) is 0. The molecule has 3 aromatic rings. The molecule has 27 heavy (non-hydrogen) atoms. The van der Waals surface area contributed by atoms with Crippen molar-refractivity contribution < 1.29 is 9.59 Å². The van der Waals surface area contributed by atoms with Gasteiger partial charge in [-0.05, 0) is 31.2 Å². The first-order valence-corrected chi connectivity index (χ1v) is 10.3. The van der Waals surface area contributed by atoms with Gasteiger partial charge in [-0.25, -0.2) is 4.98 Å². The highest BCUT2D eigenvalue weighted by atomic mass is 35.5. The van der Waals surface area contributed by atoms with Gasteiger partial charge in [-0.2, -0.15) is 0 Å². The first-order chi connectivity index (χ1) is 13.0. The summed E-state index contributed by atoms with van der Waals surface area (Å²) >= 11 is 9.01. The maximum Gasteiger partial charge on any atom is 0.257 e. The average Bonchev–Trinajstić information content (AvgIpc) is 3.11. The molecule has 5 nitrogen and oxygen atoms in total. The van der Waals surface area contributed by atoms with Gasteiger partial charge in [-0.1, -0.05) is 29.8 Å². The van der Waals surface area contributed by atoms with E-state index in [2.05, 4.69) is 15.6 Å². The molecule has 0 fully saturated rings. The molecular formula is C19H14ClN3O2S2. The summed E-state index contributed by atoms with van der Waals surface area (Å²) in [4.78, 5) is 29.8. The molecule has 0 saturated carbocycles. The number of aromatic nitrogens is 1. The van der Waals surface area contributed by atoms with Gasteiger partial charge < -0.3 is 5.32 Å². The minimum atomic E-state index is -0.282. The molecule has 4 rings (SSSR count). The van der Waals surface area contributed by atoms with E-state index >= 15 is 0 Å². The summed E-state index contributed by atoms with van der Waals surface area (Å²) < 4.78 is 0. The monoisotopic (exact) mass is 415 g/mol. The van der Waals surface area contributed by atoms with E-state index in [4.69, 9.17) is 11.6 Å². The topological polar surface area (TPSA) is 71.1 Å². The van der Waals surface area contributed by atoms with E-state index in [1.807, 2.05) is 36.6 Å². The Hall–Kier alpha value is -2.35. The first-order valence-electron chi connectivity index (χ1n) is 8.14. The molecule has 0 aliphatic carbocycles. The molecule has 0 radical (unpaired) electrons. The molecule has 1 aromatic heterocycles. The molecule has 1 aliphatic heterocycles. The van der Waals surface area contributed by atoms with Crippen LogP contribution in [0.25, 0.3) is 11.3 Å². The van der Waals surface area contributed by atoms with E-state index in [0.717, 1.165) is 10.5 Å². The Labute approximate surface area is 169 Å². The third-order valence-corrected chi connectivity index (χ3v) is 6.31. The summed E-state index contributed by atoms with van der Waals surface area (Å²) in [5.41, 5.74) is 2.65. The van der Waals surface area contributed by atoms with Crippen LogP contribution >= 0.6 is 34.7 Å². The first kappa shape index (κ1) is 18.0. The molecule has 1 aliphatic rings. The van der Waals surface area contributed by atoms with Crippen LogP contribution in [0.15, 0.2) is 52.7 Å². The molecule has 136 valence electrons. The summed E-state index contributed by atoms with van der Waals surface area (Å²) in [6, 6.07) is 12.7. The lowest BCUT2D eigenvalue weighted by Gasteiger charge is -2.21. The summed E-state index contributed by atoms with van der Waals surface area (Å²) in [5, 5.41) is 8.43. The van der Waals surface area contributed by atoms with Crippen LogP contribution in [0.2, 0.25) is 5.02 Å². The fourth-order valence-corrected chi connectivity index (χ4v) is 4.51. The zero-order valence-electron chi connectivity index (χ0n) is 14.2. The standard InChI is InChI=1S/C19H14ClN3O2S2/c1-10-17(24)21-14-8-11(6-7-16(14)27-10)18(25)23-19-22-15(9-26-19)12-4-2-3-5-13(12)20/h2-10H,1H3,(H,21,24)(H,22,23,25)/t10-/m1/s1. The number of halogens is 1. The highest BCUT2D eigenvalue weighted by Gasteiger charge is 2.24. The van der Waals surface area contributed by atoms with Crippen molar-refractivity contribution in [2.24, 2.45) is 0 Å². The quantitative estimate of drug-likeness (QED) is 0.620. The SMILES string of the molecule is C[C@H]1Sc2ccc(C(=O)Nc3nc(-c4ccccc4Cl)cs3)cc2NC1=O.